The zero-order valence-electron chi connectivity index (χ0n) is 11.1. The van der Waals surface area contributed by atoms with Gasteiger partial charge in [0.05, 0.1) is 18.8 Å². The van der Waals surface area contributed by atoms with E-state index in [-0.39, 0.29) is 6.04 Å². The summed E-state index contributed by atoms with van der Waals surface area (Å²) in [7, 11) is 1.67. The topological polar surface area (TPSA) is 48.1 Å². The van der Waals surface area contributed by atoms with Crippen LogP contribution < -0.4 is 10.5 Å². The van der Waals surface area contributed by atoms with Gasteiger partial charge in [0.25, 0.3) is 0 Å². The van der Waals surface area contributed by atoms with E-state index in [1.807, 2.05) is 12.1 Å². The fourth-order valence-corrected chi connectivity index (χ4v) is 2.29. The van der Waals surface area contributed by atoms with Crippen LogP contribution in [0.2, 0.25) is 0 Å². The standard InChI is InChI=1S/C14H24N2O/c1-4-7-11(8-5-2)13(15)14-12(17-3)9-6-10-16-14/h6,9-11,13H,4-5,7-8,15H2,1-3H3. The first-order chi connectivity index (χ1) is 8.24. The summed E-state index contributed by atoms with van der Waals surface area (Å²) < 4.78 is 5.33. The second-order valence-electron chi connectivity index (χ2n) is 4.45. The number of hydrogen-bond donors (Lipinski definition) is 1. The Labute approximate surface area is 104 Å². The van der Waals surface area contributed by atoms with Crippen LogP contribution in [-0.2, 0) is 0 Å². The van der Waals surface area contributed by atoms with Crippen molar-refractivity contribution in [1.29, 1.82) is 0 Å². The van der Waals surface area contributed by atoms with Gasteiger partial charge in [0.2, 0.25) is 0 Å². The Kier molecular flexibility index (Phi) is 5.98. The van der Waals surface area contributed by atoms with Crippen molar-refractivity contribution < 1.29 is 4.74 Å². The summed E-state index contributed by atoms with van der Waals surface area (Å²) in [5, 5.41) is 0. The minimum atomic E-state index is -0.0222. The quantitative estimate of drug-likeness (QED) is 0.790. The van der Waals surface area contributed by atoms with Gasteiger partial charge in [-0.15, -0.1) is 0 Å². The van der Waals surface area contributed by atoms with Crippen LogP contribution in [0.5, 0.6) is 5.75 Å². The molecule has 96 valence electrons. The monoisotopic (exact) mass is 236 g/mol. The summed E-state index contributed by atoms with van der Waals surface area (Å²) in [6.45, 7) is 4.40. The molecule has 0 amide bonds. The van der Waals surface area contributed by atoms with Crippen LogP contribution in [0.25, 0.3) is 0 Å². The molecule has 0 saturated heterocycles. The van der Waals surface area contributed by atoms with Crippen molar-refractivity contribution >= 4 is 0 Å². The van der Waals surface area contributed by atoms with E-state index in [9.17, 15) is 0 Å². The number of nitrogens with two attached hydrogens (primary N) is 1. The largest absolute Gasteiger partial charge is 0.495 e. The van der Waals surface area contributed by atoms with Crippen LogP contribution in [0.3, 0.4) is 0 Å². The minimum absolute atomic E-state index is 0.0222. The smallest absolute Gasteiger partial charge is 0.141 e. The molecule has 0 saturated carbocycles. The normalized spacial score (nSPS) is 12.8. The Morgan fingerprint density at radius 2 is 1.94 bits per heavy atom. The molecule has 0 aliphatic rings. The van der Waals surface area contributed by atoms with E-state index in [2.05, 4.69) is 18.8 Å². The molecule has 1 aromatic heterocycles. The van der Waals surface area contributed by atoms with Crippen LogP contribution in [0, 0.1) is 5.92 Å². The second-order valence-corrected chi connectivity index (χ2v) is 4.45. The third-order valence-electron chi connectivity index (χ3n) is 3.16. The SMILES string of the molecule is CCCC(CCC)C(N)c1ncccc1OC. The van der Waals surface area contributed by atoms with Gasteiger partial charge >= 0.3 is 0 Å². The van der Waals surface area contributed by atoms with Gasteiger partial charge in [-0.05, 0) is 30.9 Å². The van der Waals surface area contributed by atoms with Gasteiger partial charge < -0.3 is 10.5 Å². The highest BCUT2D eigenvalue weighted by Crippen LogP contribution is 2.31. The van der Waals surface area contributed by atoms with Crippen molar-refractivity contribution in [2.45, 2.75) is 45.6 Å². The molecule has 1 unspecified atom stereocenters. The van der Waals surface area contributed by atoms with Crippen molar-refractivity contribution in [3.8, 4) is 5.75 Å². The number of hydrogen-bond acceptors (Lipinski definition) is 3. The van der Waals surface area contributed by atoms with Gasteiger partial charge in [-0.25, -0.2) is 0 Å². The first kappa shape index (κ1) is 14.0. The first-order valence-electron chi connectivity index (χ1n) is 6.49. The number of nitrogens with zero attached hydrogens (tertiary/aromatic N) is 1. The molecular weight excluding hydrogens is 212 g/mol. The zero-order chi connectivity index (χ0) is 12.7. The van der Waals surface area contributed by atoms with Crippen LogP contribution >= 0.6 is 0 Å². The van der Waals surface area contributed by atoms with Crippen molar-refractivity contribution in [3.05, 3.63) is 24.0 Å². The third kappa shape index (κ3) is 3.70. The molecule has 0 aliphatic carbocycles. The molecule has 0 bridgehead atoms. The predicted octanol–water partition coefficient (Wildman–Crippen LogP) is 3.31. The predicted molar refractivity (Wildman–Crippen MR) is 71.0 cm³/mol. The van der Waals surface area contributed by atoms with E-state index >= 15 is 0 Å². The molecule has 0 fully saturated rings. The molecule has 0 aliphatic heterocycles. The highest BCUT2D eigenvalue weighted by molar-refractivity contribution is 5.29. The van der Waals surface area contributed by atoms with E-state index in [0.717, 1.165) is 37.1 Å². The molecule has 0 aromatic carbocycles. The Bertz CT molecular complexity index is 322. The number of pyridine rings is 1. The lowest BCUT2D eigenvalue weighted by Gasteiger charge is -2.23. The van der Waals surface area contributed by atoms with Gasteiger partial charge in [-0.3, -0.25) is 4.98 Å². The van der Waals surface area contributed by atoms with Crippen LogP contribution in [0.15, 0.2) is 18.3 Å². The van der Waals surface area contributed by atoms with Gasteiger partial charge in [-0.1, -0.05) is 26.7 Å². The Balaban J connectivity index is 2.87. The minimum Gasteiger partial charge on any atom is -0.495 e. The Hall–Kier alpha value is -1.09. The third-order valence-corrected chi connectivity index (χ3v) is 3.16. The molecular formula is C14H24N2O. The van der Waals surface area contributed by atoms with Crippen LogP contribution in [0.1, 0.15) is 51.3 Å². The summed E-state index contributed by atoms with van der Waals surface area (Å²) in [6, 6.07) is 3.78. The second kappa shape index (κ2) is 7.28. The fraction of sp³-hybridized carbons (Fsp3) is 0.643. The van der Waals surface area contributed by atoms with Crippen LogP contribution in [-0.4, -0.2) is 12.1 Å². The first-order valence-corrected chi connectivity index (χ1v) is 6.49. The summed E-state index contributed by atoms with van der Waals surface area (Å²) >= 11 is 0. The van der Waals surface area contributed by atoms with Gasteiger partial charge in [0, 0.05) is 6.20 Å². The molecule has 1 rings (SSSR count). The van der Waals surface area contributed by atoms with Crippen LogP contribution in [0.4, 0.5) is 0 Å². The van der Waals surface area contributed by atoms with Crippen molar-refractivity contribution in [2.75, 3.05) is 7.11 Å². The maximum atomic E-state index is 6.35. The number of aromatic nitrogens is 1. The molecule has 0 radical (unpaired) electrons. The van der Waals surface area contributed by atoms with Gasteiger partial charge in [-0.2, -0.15) is 0 Å². The molecule has 17 heavy (non-hydrogen) atoms. The summed E-state index contributed by atoms with van der Waals surface area (Å²) in [5.74, 6) is 1.30. The molecule has 1 aromatic rings. The fourth-order valence-electron chi connectivity index (χ4n) is 2.29. The lowest BCUT2D eigenvalue weighted by molar-refractivity contribution is 0.343. The number of ether oxygens (including phenoxy) is 1. The van der Waals surface area contributed by atoms with E-state index in [0.29, 0.717) is 5.92 Å². The van der Waals surface area contributed by atoms with Crippen molar-refractivity contribution in [3.63, 3.8) is 0 Å². The van der Waals surface area contributed by atoms with Gasteiger partial charge in [0.1, 0.15) is 5.75 Å². The maximum Gasteiger partial charge on any atom is 0.141 e. The summed E-state index contributed by atoms with van der Waals surface area (Å²) in [5.41, 5.74) is 7.24. The molecule has 3 heteroatoms. The van der Waals surface area contributed by atoms with Crippen molar-refractivity contribution in [2.24, 2.45) is 11.7 Å². The Morgan fingerprint density at radius 1 is 1.29 bits per heavy atom. The summed E-state index contributed by atoms with van der Waals surface area (Å²) in [6.07, 6.45) is 6.40. The van der Waals surface area contributed by atoms with E-state index in [1.54, 1.807) is 13.3 Å². The molecule has 1 atom stereocenters. The lowest BCUT2D eigenvalue weighted by atomic mass is 9.88. The zero-order valence-corrected chi connectivity index (χ0v) is 11.1. The number of methoxy groups -OCH3 is 1. The summed E-state index contributed by atoms with van der Waals surface area (Å²) in [4.78, 5) is 4.38. The van der Waals surface area contributed by atoms with Crippen molar-refractivity contribution in [1.82, 2.24) is 4.98 Å². The maximum absolute atomic E-state index is 6.35. The van der Waals surface area contributed by atoms with E-state index < -0.39 is 0 Å². The number of rotatable bonds is 7. The highest BCUT2D eigenvalue weighted by atomic mass is 16.5. The van der Waals surface area contributed by atoms with Gasteiger partial charge in [0.15, 0.2) is 0 Å². The lowest BCUT2D eigenvalue weighted by Crippen LogP contribution is -2.23. The average Bonchev–Trinajstić information content (AvgIpc) is 2.37. The van der Waals surface area contributed by atoms with E-state index in [4.69, 9.17) is 10.5 Å². The van der Waals surface area contributed by atoms with E-state index in [1.165, 1.54) is 0 Å². The molecule has 2 N–H and O–H groups in total. The average molecular weight is 236 g/mol. The molecule has 0 spiro atoms. The highest BCUT2D eigenvalue weighted by Gasteiger charge is 2.22. The molecule has 1 heterocycles. The molecule has 3 nitrogen and oxygen atoms in total. The Morgan fingerprint density at radius 3 is 2.47 bits per heavy atom.